The lowest BCUT2D eigenvalue weighted by atomic mass is 9.52. The smallest absolute Gasteiger partial charge is 0.217 e. The Labute approximate surface area is 179 Å². The SMILES string of the molecule is N#CC1(C#N)C(c2c(F)c(F)c(F)c(F)c2F)OC23CCCCCCC2C1(C#N)C(=N)O3. The van der Waals surface area contributed by atoms with E-state index in [-0.39, 0.29) is 12.8 Å². The molecule has 11 heteroatoms. The average Bonchev–Trinajstić information content (AvgIpc) is 2.94. The number of nitrogens with one attached hydrogen (secondary N) is 1. The molecule has 2 bridgehead atoms. The van der Waals surface area contributed by atoms with Crippen molar-refractivity contribution in [2.75, 3.05) is 0 Å². The Bertz CT molecular complexity index is 1110. The molecule has 2 heterocycles. The van der Waals surface area contributed by atoms with E-state index < -0.39 is 69.2 Å². The molecule has 1 aromatic rings. The third-order valence-corrected chi connectivity index (χ3v) is 6.82. The van der Waals surface area contributed by atoms with Crippen molar-refractivity contribution in [1.82, 2.24) is 0 Å². The summed E-state index contributed by atoms with van der Waals surface area (Å²) in [5.74, 6) is -15.2. The summed E-state index contributed by atoms with van der Waals surface area (Å²) in [5, 5.41) is 38.6. The standard InChI is InChI=1S/C21H15F5N4O2/c22-12-11(13(23)15(25)16(26)14(12)24)17-19(7-27,8-28)20(9-29)10-5-3-1-2-4-6-21(10,31-17)32-18(20)30/h10,17,30H,1-6H2. The van der Waals surface area contributed by atoms with Crippen LogP contribution in [0.5, 0.6) is 0 Å². The Balaban J connectivity index is 2.08. The minimum atomic E-state index is -2.82. The summed E-state index contributed by atoms with van der Waals surface area (Å²) >= 11 is 0. The molecule has 1 aromatic carbocycles. The van der Waals surface area contributed by atoms with E-state index in [2.05, 4.69) is 0 Å². The van der Waals surface area contributed by atoms with E-state index in [1.807, 2.05) is 0 Å². The summed E-state index contributed by atoms with van der Waals surface area (Å²) in [6.07, 6.45) is 0.335. The Hall–Kier alpha value is -3.23. The van der Waals surface area contributed by atoms with Crippen LogP contribution in [0.1, 0.15) is 50.2 Å². The van der Waals surface area contributed by atoms with Gasteiger partial charge in [0.15, 0.2) is 28.7 Å². The van der Waals surface area contributed by atoms with E-state index in [1.165, 1.54) is 12.1 Å². The van der Waals surface area contributed by atoms with Gasteiger partial charge in [0.1, 0.15) is 6.10 Å². The Morgan fingerprint density at radius 2 is 1.38 bits per heavy atom. The number of benzene rings is 1. The molecule has 2 saturated heterocycles. The maximum Gasteiger partial charge on any atom is 0.217 e. The number of halogens is 5. The van der Waals surface area contributed by atoms with Gasteiger partial charge in [-0.05, 0) is 12.8 Å². The number of ether oxygens (including phenoxy) is 2. The predicted octanol–water partition coefficient (Wildman–Crippen LogP) is 4.67. The summed E-state index contributed by atoms with van der Waals surface area (Å²) in [6.45, 7) is 0. The Morgan fingerprint density at radius 1 is 0.812 bits per heavy atom. The van der Waals surface area contributed by atoms with Gasteiger partial charge in [-0.3, -0.25) is 5.41 Å². The van der Waals surface area contributed by atoms with Gasteiger partial charge in [-0.25, -0.2) is 22.0 Å². The average molecular weight is 450 g/mol. The van der Waals surface area contributed by atoms with Gasteiger partial charge in [0, 0.05) is 6.42 Å². The topological polar surface area (TPSA) is 114 Å². The zero-order valence-corrected chi connectivity index (χ0v) is 16.4. The molecule has 4 rings (SSSR count). The largest absolute Gasteiger partial charge is 0.447 e. The number of nitrogens with zero attached hydrogens (tertiary/aromatic N) is 3. The third-order valence-electron chi connectivity index (χ3n) is 6.82. The van der Waals surface area contributed by atoms with Gasteiger partial charge in [-0.15, -0.1) is 0 Å². The quantitative estimate of drug-likeness (QED) is 0.379. The first-order valence-corrected chi connectivity index (χ1v) is 9.88. The van der Waals surface area contributed by atoms with Crippen LogP contribution >= 0.6 is 0 Å². The number of rotatable bonds is 1. The van der Waals surface area contributed by atoms with Crippen LogP contribution in [0.4, 0.5) is 22.0 Å². The molecule has 0 radical (unpaired) electrons. The van der Waals surface area contributed by atoms with E-state index in [4.69, 9.17) is 14.9 Å². The molecule has 1 saturated carbocycles. The van der Waals surface area contributed by atoms with Crippen molar-refractivity contribution in [1.29, 1.82) is 21.2 Å². The maximum atomic E-state index is 14.8. The molecule has 4 unspecified atom stereocenters. The maximum absolute atomic E-state index is 14.8. The van der Waals surface area contributed by atoms with E-state index in [0.717, 1.165) is 6.42 Å². The van der Waals surface area contributed by atoms with Crippen molar-refractivity contribution in [3.8, 4) is 18.2 Å². The molecule has 1 aliphatic carbocycles. The Kier molecular flexibility index (Phi) is 4.91. The minimum Gasteiger partial charge on any atom is -0.447 e. The molecule has 3 fully saturated rings. The third kappa shape index (κ3) is 2.36. The van der Waals surface area contributed by atoms with Crippen LogP contribution in [-0.2, 0) is 9.47 Å². The van der Waals surface area contributed by atoms with Crippen LogP contribution in [0.25, 0.3) is 0 Å². The molecule has 0 spiro atoms. The highest BCUT2D eigenvalue weighted by atomic mass is 19.2. The molecule has 1 N–H and O–H groups in total. The molecular formula is C21H15F5N4O2. The molecule has 166 valence electrons. The summed E-state index contributed by atoms with van der Waals surface area (Å²) in [6, 6.07) is 4.87. The highest BCUT2D eigenvalue weighted by Gasteiger charge is 2.80. The fourth-order valence-electron chi connectivity index (χ4n) is 5.32. The van der Waals surface area contributed by atoms with Crippen LogP contribution in [0.3, 0.4) is 0 Å². The lowest BCUT2D eigenvalue weighted by molar-refractivity contribution is -0.290. The molecular weight excluding hydrogens is 435 g/mol. The molecule has 6 nitrogen and oxygen atoms in total. The van der Waals surface area contributed by atoms with Crippen LogP contribution in [0.2, 0.25) is 0 Å². The molecule has 2 aliphatic heterocycles. The normalized spacial score (nSPS) is 33.0. The van der Waals surface area contributed by atoms with Crippen LogP contribution in [0.15, 0.2) is 0 Å². The van der Waals surface area contributed by atoms with E-state index >= 15 is 0 Å². The van der Waals surface area contributed by atoms with Gasteiger partial charge in [0.05, 0.1) is 29.7 Å². The monoisotopic (exact) mass is 450 g/mol. The second kappa shape index (κ2) is 7.15. The molecule has 0 amide bonds. The van der Waals surface area contributed by atoms with Gasteiger partial charge in [0.25, 0.3) is 0 Å². The van der Waals surface area contributed by atoms with E-state index in [1.54, 1.807) is 6.07 Å². The summed E-state index contributed by atoms with van der Waals surface area (Å²) < 4.78 is 82.6. The lowest BCUT2D eigenvalue weighted by Gasteiger charge is -2.50. The molecule has 4 atom stereocenters. The van der Waals surface area contributed by atoms with Crippen molar-refractivity contribution in [3.63, 3.8) is 0 Å². The second-order valence-electron chi connectivity index (χ2n) is 8.18. The van der Waals surface area contributed by atoms with Gasteiger partial charge in [-0.2, -0.15) is 15.8 Å². The fraction of sp³-hybridized carbons (Fsp3) is 0.524. The summed E-state index contributed by atoms with van der Waals surface area (Å²) in [7, 11) is 0. The Morgan fingerprint density at radius 3 is 1.94 bits per heavy atom. The highest BCUT2D eigenvalue weighted by Crippen LogP contribution is 2.69. The van der Waals surface area contributed by atoms with Gasteiger partial charge >= 0.3 is 0 Å². The summed E-state index contributed by atoms with van der Waals surface area (Å²) in [5.41, 5.74) is -6.69. The summed E-state index contributed by atoms with van der Waals surface area (Å²) in [4.78, 5) is 0. The highest BCUT2D eigenvalue weighted by molar-refractivity contribution is 5.89. The van der Waals surface area contributed by atoms with Crippen LogP contribution in [0, 0.1) is 85.2 Å². The van der Waals surface area contributed by atoms with Crippen LogP contribution in [-0.4, -0.2) is 11.7 Å². The molecule has 0 aromatic heterocycles. The zero-order valence-electron chi connectivity index (χ0n) is 16.4. The van der Waals surface area contributed by atoms with Crippen molar-refractivity contribution in [2.45, 2.75) is 50.4 Å². The number of hydrogen-bond donors (Lipinski definition) is 1. The minimum absolute atomic E-state index is 0.0440. The van der Waals surface area contributed by atoms with E-state index in [0.29, 0.717) is 19.3 Å². The number of nitriles is 3. The fourth-order valence-corrected chi connectivity index (χ4v) is 5.32. The van der Waals surface area contributed by atoms with Gasteiger partial charge in [-0.1, -0.05) is 19.3 Å². The number of hydrogen-bond acceptors (Lipinski definition) is 6. The lowest BCUT2D eigenvalue weighted by Crippen LogP contribution is -2.60. The zero-order chi connectivity index (χ0) is 23.5. The molecule has 32 heavy (non-hydrogen) atoms. The predicted molar refractivity (Wildman–Crippen MR) is 94.5 cm³/mol. The second-order valence-corrected chi connectivity index (χ2v) is 8.18. The van der Waals surface area contributed by atoms with Crippen molar-refractivity contribution in [3.05, 3.63) is 34.6 Å². The van der Waals surface area contributed by atoms with Crippen molar-refractivity contribution in [2.24, 2.45) is 16.7 Å². The van der Waals surface area contributed by atoms with Crippen LogP contribution < -0.4 is 0 Å². The van der Waals surface area contributed by atoms with Crippen molar-refractivity contribution >= 4 is 5.90 Å². The van der Waals surface area contributed by atoms with Gasteiger partial charge < -0.3 is 9.47 Å². The van der Waals surface area contributed by atoms with E-state index in [9.17, 15) is 37.7 Å². The van der Waals surface area contributed by atoms with Gasteiger partial charge in [0.2, 0.25) is 22.9 Å². The molecule has 3 aliphatic rings. The first kappa shape index (κ1) is 22.0. The van der Waals surface area contributed by atoms with Crippen molar-refractivity contribution < 1.29 is 31.4 Å². The first-order chi connectivity index (χ1) is 15.2. The first-order valence-electron chi connectivity index (χ1n) is 9.88.